The Bertz CT molecular complexity index is 516. The molecule has 0 bridgehead atoms. The highest BCUT2D eigenvalue weighted by Crippen LogP contribution is 2.20. The number of carbonyl (C=O) groups excluding carboxylic acids is 1. The number of aliphatic carboxylic acids is 1. The summed E-state index contributed by atoms with van der Waals surface area (Å²) >= 11 is 0. The van der Waals surface area contributed by atoms with Crippen LogP contribution >= 0.6 is 0 Å². The van der Waals surface area contributed by atoms with E-state index in [1.165, 1.54) is 4.90 Å². The van der Waals surface area contributed by atoms with Gasteiger partial charge in [0, 0.05) is 31.9 Å². The van der Waals surface area contributed by atoms with Crippen LogP contribution in [0.15, 0.2) is 12.4 Å². The fraction of sp³-hybridized carbons (Fsp3) is 0.615. The monoisotopic (exact) mass is 296 g/mol. The minimum absolute atomic E-state index is 0.145. The Hall–Kier alpha value is -2.09. The van der Waals surface area contributed by atoms with Crippen LogP contribution in [0.1, 0.15) is 12.5 Å². The topological polar surface area (TPSA) is 96.7 Å². The van der Waals surface area contributed by atoms with Crippen molar-refractivity contribution in [2.75, 3.05) is 19.8 Å². The first-order valence-electron chi connectivity index (χ1n) is 6.85. The molecule has 1 aliphatic heterocycles. The molecule has 2 unspecified atom stereocenters. The van der Waals surface area contributed by atoms with Gasteiger partial charge in [-0.2, -0.15) is 5.10 Å². The number of aryl methyl sites for hydroxylation is 1. The van der Waals surface area contributed by atoms with E-state index in [1.54, 1.807) is 17.9 Å². The number of nitrogens with one attached hydrogen (secondary N) is 1. The van der Waals surface area contributed by atoms with Gasteiger partial charge < -0.3 is 20.1 Å². The maximum atomic E-state index is 12.2. The van der Waals surface area contributed by atoms with Crippen molar-refractivity contribution in [3.8, 4) is 0 Å². The summed E-state index contributed by atoms with van der Waals surface area (Å²) in [5.41, 5.74) is 0.888. The smallest absolute Gasteiger partial charge is 0.318 e. The normalized spacial score (nSPS) is 21.2. The summed E-state index contributed by atoms with van der Waals surface area (Å²) in [7, 11) is 1.80. The average Bonchev–Trinajstić information content (AvgIpc) is 3.06. The van der Waals surface area contributed by atoms with Gasteiger partial charge in [-0.25, -0.2) is 4.79 Å². The van der Waals surface area contributed by atoms with E-state index in [9.17, 15) is 14.7 Å². The summed E-state index contributed by atoms with van der Waals surface area (Å²) in [5, 5.41) is 16.0. The number of ether oxygens (including phenoxy) is 1. The van der Waals surface area contributed by atoms with Crippen LogP contribution in [-0.2, 0) is 23.1 Å². The third-order valence-corrected chi connectivity index (χ3v) is 3.57. The highest BCUT2D eigenvalue weighted by atomic mass is 16.5. The molecule has 1 aliphatic rings. The number of rotatable bonds is 5. The molecule has 8 nitrogen and oxygen atoms in total. The first-order valence-corrected chi connectivity index (χ1v) is 6.85. The lowest BCUT2D eigenvalue weighted by atomic mass is 10.0. The molecule has 2 rings (SSSR count). The van der Waals surface area contributed by atoms with Crippen LogP contribution in [0.2, 0.25) is 0 Å². The predicted octanol–water partition coefficient (Wildman–Crippen LogP) is 0.0512. The van der Waals surface area contributed by atoms with Gasteiger partial charge in [0.1, 0.15) is 5.92 Å². The second-order valence-electron chi connectivity index (χ2n) is 5.02. The van der Waals surface area contributed by atoms with Crippen LogP contribution in [0.4, 0.5) is 4.79 Å². The lowest BCUT2D eigenvalue weighted by molar-refractivity contribution is -0.142. The molecule has 0 saturated carbocycles. The van der Waals surface area contributed by atoms with Crippen LogP contribution in [0, 0.1) is 5.92 Å². The standard InChI is InChI=1S/C13H20N4O4/c1-3-17(11-8-21-7-10(11)12(18)19)13(20)14-4-9-5-15-16(2)6-9/h5-6,10-11H,3-4,7-8H2,1-2H3,(H,14,20)(H,18,19). The summed E-state index contributed by atoms with van der Waals surface area (Å²) in [6.45, 7) is 3.00. The quantitative estimate of drug-likeness (QED) is 0.800. The van der Waals surface area contributed by atoms with Crippen LogP contribution in [0.3, 0.4) is 0 Å². The predicted molar refractivity (Wildman–Crippen MR) is 73.6 cm³/mol. The van der Waals surface area contributed by atoms with E-state index in [-0.39, 0.29) is 19.2 Å². The molecule has 1 aromatic heterocycles. The molecule has 116 valence electrons. The van der Waals surface area contributed by atoms with Crippen molar-refractivity contribution in [1.82, 2.24) is 20.0 Å². The van der Waals surface area contributed by atoms with Gasteiger partial charge >= 0.3 is 12.0 Å². The molecular weight excluding hydrogens is 276 g/mol. The van der Waals surface area contributed by atoms with E-state index in [2.05, 4.69) is 10.4 Å². The van der Waals surface area contributed by atoms with Crippen molar-refractivity contribution in [2.45, 2.75) is 19.5 Å². The van der Waals surface area contributed by atoms with E-state index in [1.807, 2.05) is 13.1 Å². The Labute approximate surface area is 122 Å². The van der Waals surface area contributed by atoms with Gasteiger partial charge in [-0.3, -0.25) is 9.48 Å². The van der Waals surface area contributed by atoms with E-state index in [4.69, 9.17) is 4.74 Å². The van der Waals surface area contributed by atoms with Crippen molar-refractivity contribution < 1.29 is 19.4 Å². The van der Waals surface area contributed by atoms with Gasteiger partial charge in [0.05, 0.1) is 25.5 Å². The van der Waals surface area contributed by atoms with Crippen molar-refractivity contribution in [3.05, 3.63) is 18.0 Å². The fourth-order valence-corrected chi connectivity index (χ4v) is 2.46. The molecule has 2 atom stereocenters. The van der Waals surface area contributed by atoms with Crippen LogP contribution in [0.25, 0.3) is 0 Å². The van der Waals surface area contributed by atoms with E-state index in [0.717, 1.165) is 5.56 Å². The maximum absolute atomic E-state index is 12.2. The van der Waals surface area contributed by atoms with Crippen molar-refractivity contribution in [2.24, 2.45) is 13.0 Å². The van der Waals surface area contributed by atoms with Crippen molar-refractivity contribution >= 4 is 12.0 Å². The van der Waals surface area contributed by atoms with Crippen molar-refractivity contribution in [3.63, 3.8) is 0 Å². The van der Waals surface area contributed by atoms with Crippen molar-refractivity contribution in [1.29, 1.82) is 0 Å². The zero-order chi connectivity index (χ0) is 15.4. The molecule has 0 radical (unpaired) electrons. The molecular formula is C13H20N4O4. The number of hydrogen-bond acceptors (Lipinski definition) is 4. The molecule has 0 spiro atoms. The molecule has 2 heterocycles. The lowest BCUT2D eigenvalue weighted by Gasteiger charge is -2.29. The number of amides is 2. The molecule has 1 saturated heterocycles. The molecule has 0 aliphatic carbocycles. The molecule has 8 heteroatoms. The van der Waals surface area contributed by atoms with Crippen LogP contribution < -0.4 is 5.32 Å². The summed E-state index contributed by atoms with van der Waals surface area (Å²) in [5.74, 6) is -1.61. The summed E-state index contributed by atoms with van der Waals surface area (Å²) < 4.78 is 6.87. The Balaban J connectivity index is 1.96. The lowest BCUT2D eigenvalue weighted by Crippen LogP contribution is -2.50. The number of nitrogens with zero attached hydrogens (tertiary/aromatic N) is 3. The average molecular weight is 296 g/mol. The number of urea groups is 1. The number of hydrogen-bond donors (Lipinski definition) is 2. The van der Waals surface area contributed by atoms with Gasteiger partial charge in [0.15, 0.2) is 0 Å². The first kappa shape index (κ1) is 15.3. The summed E-state index contributed by atoms with van der Waals surface area (Å²) in [6, 6.07) is -0.718. The molecule has 1 fully saturated rings. The number of aromatic nitrogens is 2. The minimum atomic E-state index is -0.934. The number of carboxylic acid groups (broad SMARTS) is 1. The Morgan fingerprint density at radius 3 is 2.90 bits per heavy atom. The Morgan fingerprint density at radius 1 is 1.57 bits per heavy atom. The number of carbonyl (C=O) groups is 2. The van der Waals surface area contributed by atoms with Gasteiger partial charge in [-0.1, -0.05) is 0 Å². The number of likely N-dealkylation sites (N-methyl/N-ethyl adjacent to an activating group) is 1. The molecule has 21 heavy (non-hydrogen) atoms. The Kier molecular flexibility index (Phi) is 4.79. The first-order chi connectivity index (χ1) is 10.0. The van der Waals surface area contributed by atoms with Gasteiger partial charge in [0.2, 0.25) is 0 Å². The molecule has 2 N–H and O–H groups in total. The maximum Gasteiger partial charge on any atom is 0.318 e. The second-order valence-corrected chi connectivity index (χ2v) is 5.02. The molecule has 1 aromatic rings. The molecule has 2 amide bonds. The molecule has 0 aromatic carbocycles. The summed E-state index contributed by atoms with van der Waals surface area (Å²) in [6.07, 6.45) is 3.49. The third kappa shape index (κ3) is 3.52. The SMILES string of the molecule is CCN(C(=O)NCc1cnn(C)c1)C1COCC1C(=O)O. The van der Waals surface area contributed by atoms with Gasteiger partial charge in [0.25, 0.3) is 0 Å². The highest BCUT2D eigenvalue weighted by molar-refractivity contribution is 5.77. The second kappa shape index (κ2) is 6.57. The highest BCUT2D eigenvalue weighted by Gasteiger charge is 2.39. The van der Waals surface area contributed by atoms with Gasteiger partial charge in [-0.05, 0) is 6.92 Å². The van der Waals surface area contributed by atoms with E-state index >= 15 is 0 Å². The zero-order valence-corrected chi connectivity index (χ0v) is 12.2. The fourth-order valence-electron chi connectivity index (χ4n) is 2.46. The van der Waals surface area contributed by atoms with E-state index in [0.29, 0.717) is 13.1 Å². The van der Waals surface area contributed by atoms with Crippen LogP contribution in [-0.4, -0.2) is 57.6 Å². The minimum Gasteiger partial charge on any atom is -0.481 e. The third-order valence-electron chi connectivity index (χ3n) is 3.57. The Morgan fingerprint density at radius 2 is 2.33 bits per heavy atom. The summed E-state index contributed by atoms with van der Waals surface area (Å²) in [4.78, 5) is 25.0. The zero-order valence-electron chi connectivity index (χ0n) is 12.2. The van der Waals surface area contributed by atoms with Crippen LogP contribution in [0.5, 0.6) is 0 Å². The van der Waals surface area contributed by atoms with Gasteiger partial charge in [-0.15, -0.1) is 0 Å². The number of carboxylic acids is 1. The largest absolute Gasteiger partial charge is 0.481 e. The van der Waals surface area contributed by atoms with E-state index < -0.39 is 17.9 Å².